The summed E-state index contributed by atoms with van der Waals surface area (Å²) in [6, 6.07) is 5.34. The highest BCUT2D eigenvalue weighted by molar-refractivity contribution is 5.95. The fourth-order valence-electron chi connectivity index (χ4n) is 3.49. The smallest absolute Gasteiger partial charge is 0.253 e. The summed E-state index contributed by atoms with van der Waals surface area (Å²) in [6.45, 7) is 2.91. The Bertz CT molecular complexity index is 605. The average Bonchev–Trinajstić information content (AvgIpc) is 2.75. The Labute approximate surface area is 143 Å². The van der Waals surface area contributed by atoms with Crippen LogP contribution in [0.5, 0.6) is 11.5 Å². The lowest BCUT2D eigenvalue weighted by Crippen LogP contribution is -2.41. The van der Waals surface area contributed by atoms with Crippen molar-refractivity contribution < 1.29 is 19.4 Å². The molecule has 2 aliphatic heterocycles. The van der Waals surface area contributed by atoms with E-state index in [1.807, 2.05) is 23.9 Å². The minimum atomic E-state index is -0.717. The molecule has 1 atom stereocenters. The molecule has 1 N–H and O–H groups in total. The topological polar surface area (TPSA) is 62.2 Å². The maximum atomic E-state index is 12.8. The van der Waals surface area contributed by atoms with Gasteiger partial charge in [-0.1, -0.05) is 0 Å². The van der Waals surface area contributed by atoms with Crippen LogP contribution in [0.2, 0.25) is 0 Å². The zero-order valence-electron chi connectivity index (χ0n) is 14.5. The van der Waals surface area contributed by atoms with Crippen molar-refractivity contribution in [1.82, 2.24) is 9.80 Å². The van der Waals surface area contributed by atoms with Gasteiger partial charge < -0.3 is 24.4 Å². The first-order valence-electron chi connectivity index (χ1n) is 8.53. The lowest BCUT2D eigenvalue weighted by Gasteiger charge is -2.30. The van der Waals surface area contributed by atoms with Crippen LogP contribution in [-0.2, 0) is 0 Å². The fourth-order valence-corrected chi connectivity index (χ4v) is 3.49. The second-order valence-corrected chi connectivity index (χ2v) is 6.97. The van der Waals surface area contributed by atoms with E-state index in [9.17, 15) is 9.90 Å². The molecule has 2 heterocycles. The van der Waals surface area contributed by atoms with Crippen molar-refractivity contribution in [1.29, 1.82) is 0 Å². The van der Waals surface area contributed by atoms with Gasteiger partial charge in [-0.05, 0) is 51.6 Å². The van der Waals surface area contributed by atoms with Gasteiger partial charge in [0.05, 0.1) is 5.60 Å². The van der Waals surface area contributed by atoms with Crippen LogP contribution in [0.25, 0.3) is 0 Å². The third kappa shape index (κ3) is 3.82. The van der Waals surface area contributed by atoms with E-state index in [0.717, 1.165) is 12.8 Å². The van der Waals surface area contributed by atoms with Crippen LogP contribution in [0.15, 0.2) is 18.2 Å². The number of likely N-dealkylation sites (tertiary alicyclic amines) is 1. The molecule has 24 heavy (non-hydrogen) atoms. The molecule has 1 fully saturated rings. The van der Waals surface area contributed by atoms with Crippen molar-refractivity contribution in [3.8, 4) is 11.5 Å². The number of rotatable bonds is 3. The minimum Gasteiger partial charge on any atom is -0.486 e. The fraction of sp³-hybridized carbons (Fsp3) is 0.611. The largest absolute Gasteiger partial charge is 0.486 e. The number of likely N-dealkylation sites (N-methyl/N-ethyl adjacent to an activating group) is 1. The standard InChI is InChI=1S/C18H26N2O4/c1-19(2)13-18(22)6-3-8-20(9-7-18)17(21)14-4-5-15-16(12-14)24-11-10-23-15/h4-5,12,22H,3,6-11,13H2,1-2H3/t18-/m1/s1. The second kappa shape index (κ2) is 6.99. The number of hydrogen-bond acceptors (Lipinski definition) is 5. The Kier molecular flexibility index (Phi) is 4.96. The summed E-state index contributed by atoms with van der Waals surface area (Å²) >= 11 is 0. The van der Waals surface area contributed by atoms with E-state index in [-0.39, 0.29) is 5.91 Å². The maximum Gasteiger partial charge on any atom is 0.253 e. The number of benzene rings is 1. The van der Waals surface area contributed by atoms with E-state index in [4.69, 9.17) is 9.47 Å². The highest BCUT2D eigenvalue weighted by atomic mass is 16.6. The Morgan fingerprint density at radius 1 is 1.21 bits per heavy atom. The Balaban J connectivity index is 1.69. The number of hydrogen-bond donors (Lipinski definition) is 1. The molecule has 1 saturated heterocycles. The van der Waals surface area contributed by atoms with Crippen molar-refractivity contribution in [2.45, 2.75) is 24.9 Å². The van der Waals surface area contributed by atoms with Crippen LogP contribution < -0.4 is 9.47 Å². The van der Waals surface area contributed by atoms with Crippen molar-refractivity contribution in [3.05, 3.63) is 23.8 Å². The second-order valence-electron chi connectivity index (χ2n) is 6.97. The third-order valence-corrected chi connectivity index (χ3v) is 4.60. The van der Waals surface area contributed by atoms with Crippen LogP contribution in [0.1, 0.15) is 29.6 Å². The number of ether oxygens (including phenoxy) is 2. The van der Waals surface area contributed by atoms with E-state index < -0.39 is 5.60 Å². The van der Waals surface area contributed by atoms with Gasteiger partial charge in [0.15, 0.2) is 11.5 Å². The molecule has 1 aromatic carbocycles. The molecule has 0 aliphatic carbocycles. The number of carbonyl (C=O) groups excluding carboxylic acids is 1. The van der Waals surface area contributed by atoms with Crippen LogP contribution >= 0.6 is 0 Å². The number of aliphatic hydroxyl groups is 1. The Hall–Kier alpha value is -1.79. The Morgan fingerprint density at radius 2 is 1.96 bits per heavy atom. The SMILES string of the molecule is CN(C)C[C@@]1(O)CCCN(C(=O)c2ccc3c(c2)OCCO3)CC1. The van der Waals surface area contributed by atoms with Gasteiger partial charge in [0.1, 0.15) is 13.2 Å². The third-order valence-electron chi connectivity index (χ3n) is 4.60. The van der Waals surface area contributed by atoms with E-state index in [2.05, 4.69) is 0 Å². The van der Waals surface area contributed by atoms with Crippen molar-refractivity contribution >= 4 is 5.91 Å². The molecule has 1 amide bonds. The molecule has 0 bridgehead atoms. The lowest BCUT2D eigenvalue weighted by molar-refractivity contribution is 0.00305. The summed E-state index contributed by atoms with van der Waals surface area (Å²) in [7, 11) is 3.92. The van der Waals surface area contributed by atoms with Crippen molar-refractivity contribution in [2.75, 3.05) is 46.9 Å². The first kappa shape index (κ1) is 17.0. The monoisotopic (exact) mass is 334 g/mol. The molecule has 2 aliphatic rings. The molecule has 1 aromatic rings. The lowest BCUT2D eigenvalue weighted by atomic mass is 9.94. The maximum absolute atomic E-state index is 12.8. The van der Waals surface area contributed by atoms with Crippen LogP contribution in [0, 0.1) is 0 Å². The van der Waals surface area contributed by atoms with Gasteiger partial charge in [0, 0.05) is 25.2 Å². The summed E-state index contributed by atoms with van der Waals surface area (Å²) in [6.07, 6.45) is 2.12. The van der Waals surface area contributed by atoms with Crippen LogP contribution in [-0.4, -0.2) is 73.4 Å². The first-order chi connectivity index (χ1) is 11.5. The van der Waals surface area contributed by atoms with Crippen LogP contribution in [0.3, 0.4) is 0 Å². The number of amides is 1. The molecule has 6 heteroatoms. The first-order valence-corrected chi connectivity index (χ1v) is 8.53. The highest BCUT2D eigenvalue weighted by Gasteiger charge is 2.32. The molecular weight excluding hydrogens is 308 g/mol. The van der Waals surface area contributed by atoms with E-state index in [0.29, 0.717) is 56.3 Å². The van der Waals surface area contributed by atoms with E-state index in [1.54, 1.807) is 18.2 Å². The summed E-state index contributed by atoms with van der Waals surface area (Å²) in [5.41, 5.74) is -0.108. The van der Waals surface area contributed by atoms with Gasteiger partial charge in [0.2, 0.25) is 0 Å². The van der Waals surface area contributed by atoms with E-state index >= 15 is 0 Å². The Morgan fingerprint density at radius 3 is 2.71 bits per heavy atom. The predicted octanol–water partition coefficient (Wildman–Crippen LogP) is 1.38. The molecule has 0 radical (unpaired) electrons. The highest BCUT2D eigenvalue weighted by Crippen LogP contribution is 2.31. The quantitative estimate of drug-likeness (QED) is 0.905. The van der Waals surface area contributed by atoms with Gasteiger partial charge in [-0.2, -0.15) is 0 Å². The predicted molar refractivity (Wildman–Crippen MR) is 90.7 cm³/mol. The minimum absolute atomic E-state index is 0.0129. The summed E-state index contributed by atoms with van der Waals surface area (Å²) in [5, 5.41) is 10.7. The van der Waals surface area contributed by atoms with Crippen molar-refractivity contribution in [3.63, 3.8) is 0 Å². The van der Waals surface area contributed by atoms with Gasteiger partial charge in [0.25, 0.3) is 5.91 Å². The van der Waals surface area contributed by atoms with E-state index in [1.165, 1.54) is 0 Å². The average molecular weight is 334 g/mol. The van der Waals surface area contributed by atoms with Crippen molar-refractivity contribution in [2.24, 2.45) is 0 Å². The molecule has 3 rings (SSSR count). The molecule has 0 aromatic heterocycles. The molecular formula is C18H26N2O4. The zero-order chi connectivity index (χ0) is 17.2. The number of fused-ring (bicyclic) bond motifs is 1. The number of carbonyl (C=O) groups is 1. The van der Waals surface area contributed by atoms with Gasteiger partial charge in [-0.15, -0.1) is 0 Å². The summed E-state index contributed by atoms with van der Waals surface area (Å²) in [4.78, 5) is 16.6. The normalized spacial score (nSPS) is 23.9. The van der Waals surface area contributed by atoms with Gasteiger partial charge in [-0.3, -0.25) is 4.79 Å². The molecule has 0 spiro atoms. The molecule has 0 unspecified atom stereocenters. The summed E-state index contributed by atoms with van der Waals surface area (Å²) < 4.78 is 11.1. The van der Waals surface area contributed by atoms with Gasteiger partial charge in [-0.25, -0.2) is 0 Å². The molecule has 6 nitrogen and oxygen atoms in total. The molecule has 0 saturated carbocycles. The molecule has 132 valence electrons. The van der Waals surface area contributed by atoms with Crippen LogP contribution in [0.4, 0.5) is 0 Å². The zero-order valence-corrected chi connectivity index (χ0v) is 14.5. The number of nitrogens with zero attached hydrogens (tertiary/aromatic N) is 2. The van der Waals surface area contributed by atoms with Gasteiger partial charge >= 0.3 is 0 Å². The summed E-state index contributed by atoms with van der Waals surface area (Å²) in [5.74, 6) is 1.31.